The fraction of sp³-hybridized carbons (Fsp3) is 0.700. The van der Waals surface area contributed by atoms with Crippen molar-refractivity contribution in [2.75, 3.05) is 0 Å². The maximum absolute atomic E-state index is 5.71. The summed E-state index contributed by atoms with van der Waals surface area (Å²) in [5.41, 5.74) is 0. The van der Waals surface area contributed by atoms with Gasteiger partial charge in [-0.1, -0.05) is 13.3 Å². The van der Waals surface area contributed by atoms with Gasteiger partial charge >= 0.3 is 0 Å². The van der Waals surface area contributed by atoms with Crippen LogP contribution in [0, 0.1) is 5.92 Å². The smallest absolute Gasteiger partial charge is 0.246 e. The van der Waals surface area contributed by atoms with Crippen molar-refractivity contribution in [1.29, 1.82) is 0 Å². The third-order valence-corrected chi connectivity index (χ3v) is 2.85. The summed E-state index contributed by atoms with van der Waals surface area (Å²) in [6.45, 7) is 2.25. The number of halogens is 1. The summed E-state index contributed by atoms with van der Waals surface area (Å²) in [5.74, 6) is 1.21. The highest BCUT2D eigenvalue weighted by molar-refractivity contribution is 6.28. The second-order valence-electron chi connectivity index (χ2n) is 4.08. The van der Waals surface area contributed by atoms with Gasteiger partial charge in [0.2, 0.25) is 11.2 Å². The average Bonchev–Trinajstić information content (AvgIpc) is 2.17. The topological polar surface area (TPSA) is 47.9 Å². The lowest BCUT2D eigenvalue weighted by atomic mass is 9.89. The van der Waals surface area contributed by atoms with E-state index in [1.165, 1.54) is 19.0 Å². The number of rotatable bonds is 2. The van der Waals surface area contributed by atoms with Crippen LogP contribution in [0.4, 0.5) is 0 Å². The summed E-state index contributed by atoms with van der Waals surface area (Å²) in [6, 6.07) is 0. The van der Waals surface area contributed by atoms with Crippen molar-refractivity contribution in [1.82, 2.24) is 15.2 Å². The molecule has 0 bridgehead atoms. The first kappa shape index (κ1) is 10.6. The second kappa shape index (κ2) is 4.75. The molecular weight excluding hydrogens is 214 g/mol. The van der Waals surface area contributed by atoms with Crippen LogP contribution in [-0.2, 0) is 0 Å². The van der Waals surface area contributed by atoms with E-state index in [1.807, 2.05) is 0 Å². The first-order valence-corrected chi connectivity index (χ1v) is 5.63. The minimum atomic E-state index is 0.136. The van der Waals surface area contributed by atoms with Gasteiger partial charge in [-0.15, -0.1) is 5.10 Å². The van der Waals surface area contributed by atoms with Crippen LogP contribution >= 0.6 is 11.6 Å². The molecule has 2 unspecified atom stereocenters. The molecule has 4 nitrogen and oxygen atoms in total. The van der Waals surface area contributed by atoms with E-state index in [1.54, 1.807) is 0 Å². The lowest BCUT2D eigenvalue weighted by Gasteiger charge is -2.26. The molecular formula is C10H14ClN3O. The van der Waals surface area contributed by atoms with Gasteiger partial charge in [0.15, 0.2) is 0 Å². The van der Waals surface area contributed by atoms with E-state index in [2.05, 4.69) is 22.1 Å². The molecule has 1 heterocycles. The molecule has 0 amide bonds. The van der Waals surface area contributed by atoms with E-state index < -0.39 is 0 Å². The number of ether oxygens (including phenoxy) is 1. The Morgan fingerprint density at radius 2 is 2.33 bits per heavy atom. The first-order chi connectivity index (χ1) is 7.24. The molecule has 0 aromatic carbocycles. The van der Waals surface area contributed by atoms with Gasteiger partial charge in [0.1, 0.15) is 12.3 Å². The van der Waals surface area contributed by atoms with Gasteiger partial charge in [-0.2, -0.15) is 10.1 Å². The number of hydrogen-bond donors (Lipinski definition) is 0. The molecule has 1 aliphatic rings. The predicted octanol–water partition coefficient (Wildman–Crippen LogP) is 2.48. The molecule has 0 N–H and O–H groups in total. The van der Waals surface area contributed by atoms with Crippen molar-refractivity contribution in [2.24, 2.45) is 5.92 Å². The van der Waals surface area contributed by atoms with Crippen molar-refractivity contribution in [3.8, 4) is 5.88 Å². The van der Waals surface area contributed by atoms with Crippen LogP contribution in [0.1, 0.15) is 32.6 Å². The Balaban J connectivity index is 1.96. The molecule has 0 radical (unpaired) electrons. The molecule has 0 saturated heterocycles. The molecule has 82 valence electrons. The first-order valence-electron chi connectivity index (χ1n) is 5.26. The zero-order chi connectivity index (χ0) is 10.7. The molecule has 1 aromatic rings. The zero-order valence-corrected chi connectivity index (χ0v) is 9.44. The molecule has 5 heteroatoms. The highest BCUT2D eigenvalue weighted by Crippen LogP contribution is 2.26. The van der Waals surface area contributed by atoms with E-state index in [4.69, 9.17) is 16.3 Å². The molecule has 1 aliphatic carbocycles. The van der Waals surface area contributed by atoms with Crippen LogP contribution in [0.2, 0.25) is 5.28 Å². The fourth-order valence-corrected chi connectivity index (χ4v) is 2.11. The van der Waals surface area contributed by atoms with Crippen molar-refractivity contribution in [3.63, 3.8) is 0 Å². The van der Waals surface area contributed by atoms with Gasteiger partial charge < -0.3 is 4.74 Å². The molecule has 1 aromatic heterocycles. The summed E-state index contributed by atoms with van der Waals surface area (Å²) in [7, 11) is 0. The molecule has 0 aliphatic heterocycles. The summed E-state index contributed by atoms with van der Waals surface area (Å²) < 4.78 is 5.71. The largest absolute Gasteiger partial charge is 0.473 e. The Morgan fingerprint density at radius 3 is 3.07 bits per heavy atom. The van der Waals surface area contributed by atoms with Crippen LogP contribution in [0.3, 0.4) is 0 Å². The second-order valence-corrected chi connectivity index (χ2v) is 4.41. The number of nitrogens with zero attached hydrogens (tertiary/aromatic N) is 3. The summed E-state index contributed by atoms with van der Waals surface area (Å²) in [4.78, 5) is 3.96. The van der Waals surface area contributed by atoms with Crippen LogP contribution in [-0.4, -0.2) is 21.3 Å². The third kappa shape index (κ3) is 3.02. The van der Waals surface area contributed by atoms with Crippen LogP contribution in [0.25, 0.3) is 0 Å². The van der Waals surface area contributed by atoms with Crippen molar-refractivity contribution < 1.29 is 4.74 Å². The Hall–Kier alpha value is -0.900. The summed E-state index contributed by atoms with van der Waals surface area (Å²) in [6.07, 6.45) is 6.45. The van der Waals surface area contributed by atoms with Gasteiger partial charge in [-0.25, -0.2) is 0 Å². The van der Waals surface area contributed by atoms with Crippen molar-refractivity contribution >= 4 is 11.6 Å². The third-order valence-electron chi connectivity index (χ3n) is 2.69. The monoisotopic (exact) mass is 227 g/mol. The summed E-state index contributed by atoms with van der Waals surface area (Å²) in [5, 5.41) is 7.41. The molecule has 2 atom stereocenters. The van der Waals surface area contributed by atoms with E-state index in [0.29, 0.717) is 5.88 Å². The lowest BCUT2D eigenvalue weighted by Crippen LogP contribution is -2.24. The lowest BCUT2D eigenvalue weighted by molar-refractivity contribution is 0.123. The Bertz CT molecular complexity index is 334. The van der Waals surface area contributed by atoms with Crippen molar-refractivity contribution in [2.45, 2.75) is 38.7 Å². The van der Waals surface area contributed by atoms with Gasteiger partial charge in [-0.3, -0.25) is 0 Å². The maximum atomic E-state index is 5.71. The van der Waals surface area contributed by atoms with Gasteiger partial charge in [0.05, 0.1) is 0 Å². The van der Waals surface area contributed by atoms with E-state index in [9.17, 15) is 0 Å². The SMILES string of the molecule is CC1CCCC(Oc2cnnc(Cl)n2)C1. The number of hydrogen-bond acceptors (Lipinski definition) is 4. The number of aromatic nitrogens is 3. The average molecular weight is 228 g/mol. The fourth-order valence-electron chi connectivity index (χ4n) is 1.98. The molecule has 0 spiro atoms. The Kier molecular flexibility index (Phi) is 3.36. The maximum Gasteiger partial charge on any atom is 0.246 e. The van der Waals surface area contributed by atoms with Gasteiger partial charge in [-0.05, 0) is 36.8 Å². The van der Waals surface area contributed by atoms with Crippen LogP contribution < -0.4 is 4.74 Å². The summed E-state index contributed by atoms with van der Waals surface area (Å²) >= 11 is 5.63. The van der Waals surface area contributed by atoms with Gasteiger partial charge in [0, 0.05) is 0 Å². The van der Waals surface area contributed by atoms with E-state index in [-0.39, 0.29) is 11.4 Å². The van der Waals surface area contributed by atoms with Crippen LogP contribution in [0.15, 0.2) is 6.20 Å². The quantitative estimate of drug-likeness (QED) is 0.779. The van der Waals surface area contributed by atoms with Crippen molar-refractivity contribution in [3.05, 3.63) is 11.5 Å². The minimum Gasteiger partial charge on any atom is -0.473 e. The molecule has 1 saturated carbocycles. The van der Waals surface area contributed by atoms with E-state index >= 15 is 0 Å². The highest BCUT2D eigenvalue weighted by Gasteiger charge is 2.20. The zero-order valence-electron chi connectivity index (χ0n) is 8.69. The minimum absolute atomic E-state index is 0.136. The van der Waals surface area contributed by atoms with E-state index in [0.717, 1.165) is 18.8 Å². The standard InChI is InChI=1S/C10H14ClN3O/c1-7-3-2-4-8(5-7)15-9-6-12-14-10(11)13-9/h6-8H,2-5H2,1H3. The Morgan fingerprint density at radius 1 is 1.47 bits per heavy atom. The molecule has 2 rings (SSSR count). The Labute approximate surface area is 94.0 Å². The molecule has 15 heavy (non-hydrogen) atoms. The predicted molar refractivity (Wildman–Crippen MR) is 56.9 cm³/mol. The molecule has 1 fully saturated rings. The normalized spacial score (nSPS) is 26.3. The highest BCUT2D eigenvalue weighted by atomic mass is 35.5. The van der Waals surface area contributed by atoms with Crippen LogP contribution in [0.5, 0.6) is 5.88 Å². The van der Waals surface area contributed by atoms with Gasteiger partial charge in [0.25, 0.3) is 0 Å².